The Morgan fingerprint density at radius 2 is 1.76 bits per heavy atom. The highest BCUT2D eigenvalue weighted by Crippen LogP contribution is 2.31. The van der Waals surface area contributed by atoms with Gasteiger partial charge in [-0.05, 0) is 18.2 Å². The van der Waals surface area contributed by atoms with Crippen LogP contribution in [0.2, 0.25) is 0 Å². The molecule has 0 aliphatic carbocycles. The first-order chi connectivity index (χ1) is 18.6. The van der Waals surface area contributed by atoms with Gasteiger partial charge in [-0.25, -0.2) is 14.8 Å². The number of anilines is 1. The quantitative estimate of drug-likeness (QED) is 0.226. The predicted octanol–water partition coefficient (Wildman–Crippen LogP) is 3.50. The van der Waals surface area contributed by atoms with Gasteiger partial charge in [0.15, 0.2) is 0 Å². The summed E-state index contributed by atoms with van der Waals surface area (Å²) in [6.07, 6.45) is 2.79. The van der Waals surface area contributed by atoms with Gasteiger partial charge in [-0.3, -0.25) is 4.90 Å². The van der Waals surface area contributed by atoms with Crippen LogP contribution in [0.25, 0.3) is 5.57 Å². The zero-order valence-corrected chi connectivity index (χ0v) is 21.4. The molecule has 1 aliphatic heterocycles. The van der Waals surface area contributed by atoms with Gasteiger partial charge in [0.2, 0.25) is 5.88 Å². The molecule has 0 spiro atoms. The minimum atomic E-state index is -0.538. The number of nitriles is 1. The Hall–Kier alpha value is -4.62. The number of methoxy groups -OCH3 is 2. The summed E-state index contributed by atoms with van der Waals surface area (Å²) in [6.45, 7) is 4.53. The summed E-state index contributed by atoms with van der Waals surface area (Å²) in [5.41, 5.74) is 1.30. The fourth-order valence-electron chi connectivity index (χ4n) is 4.07. The number of carbonyl (C=O) groups is 1. The summed E-state index contributed by atoms with van der Waals surface area (Å²) < 4.78 is 21.9. The van der Waals surface area contributed by atoms with Crippen LogP contribution in [-0.4, -0.2) is 74.4 Å². The third kappa shape index (κ3) is 6.57. The van der Waals surface area contributed by atoms with E-state index in [1.807, 2.05) is 24.3 Å². The molecule has 1 saturated heterocycles. The van der Waals surface area contributed by atoms with Crippen LogP contribution in [0.1, 0.15) is 11.1 Å². The minimum absolute atomic E-state index is 0.232. The molecule has 0 amide bonds. The van der Waals surface area contributed by atoms with Gasteiger partial charge in [0.25, 0.3) is 0 Å². The number of piperazine rings is 1. The summed E-state index contributed by atoms with van der Waals surface area (Å²) >= 11 is 0. The largest absolute Gasteiger partial charge is 0.503 e. The number of carbonyl (C=O) groups excluding carboxylic acids is 1. The molecule has 0 bridgehead atoms. The molecule has 0 unspecified atom stereocenters. The predicted molar refractivity (Wildman–Crippen MR) is 141 cm³/mol. The Morgan fingerprint density at radius 1 is 1.03 bits per heavy atom. The van der Waals surface area contributed by atoms with Crippen molar-refractivity contribution in [1.29, 1.82) is 5.26 Å². The fourth-order valence-corrected chi connectivity index (χ4v) is 4.07. The first kappa shape index (κ1) is 26.4. The topological polar surface area (TPSA) is 110 Å². The van der Waals surface area contributed by atoms with Crippen molar-refractivity contribution >= 4 is 17.4 Å². The third-order valence-electron chi connectivity index (χ3n) is 6.03. The van der Waals surface area contributed by atoms with E-state index in [1.165, 1.54) is 26.8 Å². The van der Waals surface area contributed by atoms with Crippen molar-refractivity contribution in [2.24, 2.45) is 0 Å². The second-order valence-electron chi connectivity index (χ2n) is 8.36. The summed E-state index contributed by atoms with van der Waals surface area (Å²) in [4.78, 5) is 25.5. The normalized spacial score (nSPS) is 13.9. The molecule has 1 aliphatic rings. The van der Waals surface area contributed by atoms with Gasteiger partial charge in [0.1, 0.15) is 41.9 Å². The number of benzene rings is 2. The van der Waals surface area contributed by atoms with E-state index in [0.29, 0.717) is 35.1 Å². The minimum Gasteiger partial charge on any atom is -0.503 e. The van der Waals surface area contributed by atoms with E-state index in [1.54, 1.807) is 30.3 Å². The summed E-state index contributed by atoms with van der Waals surface area (Å²) in [6, 6.07) is 18.3. The highest BCUT2D eigenvalue weighted by Gasteiger charge is 2.21. The van der Waals surface area contributed by atoms with Gasteiger partial charge in [-0.15, -0.1) is 0 Å². The first-order valence-corrected chi connectivity index (χ1v) is 12.1. The summed E-state index contributed by atoms with van der Waals surface area (Å²) in [7, 11) is 2.77. The lowest BCUT2D eigenvalue weighted by Gasteiger charge is -2.35. The number of para-hydroxylation sites is 2. The smallest absolute Gasteiger partial charge is 0.341 e. The molecule has 0 radical (unpaired) electrons. The fraction of sp³-hybridized carbons (Fsp3) is 0.286. The molecule has 0 atom stereocenters. The van der Waals surface area contributed by atoms with E-state index in [4.69, 9.17) is 18.9 Å². The van der Waals surface area contributed by atoms with Crippen molar-refractivity contribution < 1.29 is 23.7 Å². The van der Waals surface area contributed by atoms with E-state index < -0.39 is 5.97 Å². The van der Waals surface area contributed by atoms with Gasteiger partial charge >= 0.3 is 5.97 Å². The Kier molecular flexibility index (Phi) is 9.10. The van der Waals surface area contributed by atoms with Crippen LogP contribution in [0.3, 0.4) is 0 Å². The molecule has 3 aromatic rings. The average Bonchev–Trinajstić information content (AvgIpc) is 2.97. The van der Waals surface area contributed by atoms with E-state index in [-0.39, 0.29) is 5.57 Å². The summed E-state index contributed by atoms with van der Waals surface area (Å²) in [5, 5.41) is 9.21. The lowest BCUT2D eigenvalue weighted by Crippen LogP contribution is -2.47. The zero-order chi connectivity index (χ0) is 26.7. The standard InChI is InChI=1S/C28H29N5O5/c1-35-19-23(28(34)36-2)22-8-4-6-10-25(22)38-27-17-26(30-20-31-27)33-13-11-32(12-14-33)15-16-37-24-9-5-3-7-21(24)18-29/h3-10,17,19-20H,11-16H2,1-2H3. The van der Waals surface area contributed by atoms with Crippen LogP contribution in [0.5, 0.6) is 17.4 Å². The van der Waals surface area contributed by atoms with E-state index in [0.717, 1.165) is 38.5 Å². The Bertz CT molecular complexity index is 1310. The van der Waals surface area contributed by atoms with E-state index in [9.17, 15) is 10.1 Å². The van der Waals surface area contributed by atoms with Gasteiger partial charge < -0.3 is 23.8 Å². The number of ether oxygens (including phenoxy) is 4. The molecule has 1 aromatic heterocycles. The van der Waals surface area contributed by atoms with Crippen molar-refractivity contribution in [3.8, 4) is 23.4 Å². The van der Waals surface area contributed by atoms with Crippen molar-refractivity contribution in [2.45, 2.75) is 0 Å². The molecular formula is C28H29N5O5. The van der Waals surface area contributed by atoms with Crippen LogP contribution in [0.15, 0.2) is 67.2 Å². The van der Waals surface area contributed by atoms with Gasteiger partial charge in [0, 0.05) is 44.4 Å². The molecule has 10 nitrogen and oxygen atoms in total. The number of nitrogens with zero attached hydrogens (tertiary/aromatic N) is 5. The van der Waals surface area contributed by atoms with E-state index in [2.05, 4.69) is 25.8 Å². The Morgan fingerprint density at radius 3 is 2.50 bits per heavy atom. The van der Waals surface area contributed by atoms with Gasteiger partial charge in [0.05, 0.1) is 26.0 Å². The van der Waals surface area contributed by atoms with Crippen molar-refractivity contribution in [2.75, 3.05) is 58.5 Å². The monoisotopic (exact) mass is 515 g/mol. The highest BCUT2D eigenvalue weighted by molar-refractivity contribution is 6.17. The zero-order valence-electron chi connectivity index (χ0n) is 21.4. The lowest BCUT2D eigenvalue weighted by molar-refractivity contribution is -0.133. The van der Waals surface area contributed by atoms with Crippen LogP contribution in [-0.2, 0) is 14.3 Å². The number of rotatable bonds is 10. The Labute approximate surface area is 221 Å². The SMILES string of the molecule is COC=C(C(=O)OC)c1ccccc1Oc1cc(N2CCN(CCOc3ccccc3C#N)CC2)ncn1. The van der Waals surface area contributed by atoms with Crippen LogP contribution < -0.4 is 14.4 Å². The number of esters is 1. The second-order valence-corrected chi connectivity index (χ2v) is 8.36. The summed E-state index contributed by atoms with van der Waals surface area (Å²) in [5.74, 6) is 1.63. The molecule has 1 fully saturated rings. The lowest BCUT2D eigenvalue weighted by atomic mass is 10.1. The number of hydrogen-bond donors (Lipinski definition) is 0. The Balaban J connectivity index is 1.36. The molecule has 0 saturated carbocycles. The molecule has 0 N–H and O–H groups in total. The maximum Gasteiger partial charge on any atom is 0.341 e. The number of hydrogen-bond acceptors (Lipinski definition) is 10. The first-order valence-electron chi connectivity index (χ1n) is 12.1. The number of aromatic nitrogens is 2. The van der Waals surface area contributed by atoms with Gasteiger partial charge in [-0.1, -0.05) is 30.3 Å². The maximum atomic E-state index is 12.3. The van der Waals surface area contributed by atoms with Crippen molar-refractivity contribution in [3.05, 3.63) is 78.3 Å². The molecule has 2 aromatic carbocycles. The van der Waals surface area contributed by atoms with Crippen molar-refractivity contribution in [1.82, 2.24) is 14.9 Å². The second kappa shape index (κ2) is 13.1. The van der Waals surface area contributed by atoms with Crippen LogP contribution >= 0.6 is 0 Å². The average molecular weight is 516 g/mol. The maximum absolute atomic E-state index is 12.3. The van der Waals surface area contributed by atoms with Gasteiger partial charge in [-0.2, -0.15) is 5.26 Å². The molecule has 10 heteroatoms. The third-order valence-corrected chi connectivity index (χ3v) is 6.03. The molecule has 2 heterocycles. The molecule has 4 rings (SSSR count). The highest BCUT2D eigenvalue weighted by atomic mass is 16.5. The molecular weight excluding hydrogens is 486 g/mol. The van der Waals surface area contributed by atoms with E-state index >= 15 is 0 Å². The van der Waals surface area contributed by atoms with Crippen LogP contribution in [0.4, 0.5) is 5.82 Å². The van der Waals surface area contributed by atoms with Crippen molar-refractivity contribution in [3.63, 3.8) is 0 Å². The molecule has 196 valence electrons. The van der Waals surface area contributed by atoms with Crippen LogP contribution in [0, 0.1) is 11.3 Å². The molecule has 38 heavy (non-hydrogen) atoms.